The first kappa shape index (κ1) is 17.9. The first-order valence-corrected chi connectivity index (χ1v) is 8.76. The zero-order valence-corrected chi connectivity index (χ0v) is 14.9. The van der Waals surface area contributed by atoms with Crippen molar-refractivity contribution in [2.24, 2.45) is 0 Å². The molecule has 26 heavy (non-hydrogen) atoms. The van der Waals surface area contributed by atoms with Crippen LogP contribution in [0, 0.1) is 0 Å². The lowest BCUT2D eigenvalue weighted by Crippen LogP contribution is -2.16. The number of hydrogen-bond donors (Lipinski definition) is 2. The molecule has 0 fully saturated rings. The third-order valence-electron chi connectivity index (χ3n) is 3.46. The Morgan fingerprint density at radius 1 is 1.27 bits per heavy atom. The maximum atomic E-state index is 12.0. The van der Waals surface area contributed by atoms with Gasteiger partial charge in [0, 0.05) is 36.1 Å². The van der Waals surface area contributed by atoms with Gasteiger partial charge in [0.05, 0.1) is 18.8 Å². The van der Waals surface area contributed by atoms with Crippen LogP contribution in [-0.2, 0) is 16.0 Å². The zero-order valence-electron chi connectivity index (χ0n) is 14.1. The first-order valence-electron chi connectivity index (χ1n) is 7.88. The topological polar surface area (TPSA) is 94.0 Å². The predicted molar refractivity (Wildman–Crippen MR) is 100.0 cm³/mol. The summed E-state index contributed by atoms with van der Waals surface area (Å²) >= 11 is 1.41. The summed E-state index contributed by atoms with van der Waals surface area (Å²) in [4.78, 5) is 28.7. The van der Waals surface area contributed by atoms with Gasteiger partial charge in [0.15, 0.2) is 4.96 Å². The predicted octanol–water partition coefficient (Wildman–Crippen LogP) is 2.56. The minimum atomic E-state index is -0.544. The zero-order chi connectivity index (χ0) is 18.4. The molecule has 136 valence electrons. The van der Waals surface area contributed by atoms with Gasteiger partial charge in [-0.2, -0.15) is 0 Å². The molecule has 0 bridgehead atoms. The molecule has 0 atom stereocenters. The van der Waals surface area contributed by atoms with Gasteiger partial charge in [0.1, 0.15) is 6.61 Å². The van der Waals surface area contributed by atoms with Crippen molar-refractivity contribution < 1.29 is 14.3 Å². The number of benzene rings is 1. The maximum absolute atomic E-state index is 12.0. The van der Waals surface area contributed by atoms with Crippen molar-refractivity contribution in [3.8, 4) is 0 Å². The molecule has 1 aromatic carbocycles. The molecule has 2 heterocycles. The van der Waals surface area contributed by atoms with Crippen molar-refractivity contribution in [1.29, 1.82) is 0 Å². The summed E-state index contributed by atoms with van der Waals surface area (Å²) in [7, 11) is 1.54. The number of carbonyl (C=O) groups is 1. The van der Waals surface area contributed by atoms with Crippen LogP contribution < -0.4 is 16.2 Å². The number of aromatic nitrogens is 2. The molecule has 0 radical (unpaired) electrons. The number of ether oxygens (including phenoxy) is 2. The Bertz CT molecular complexity index is 953. The van der Waals surface area contributed by atoms with Gasteiger partial charge in [-0.05, 0) is 18.2 Å². The van der Waals surface area contributed by atoms with Crippen LogP contribution in [0.1, 0.15) is 5.69 Å². The van der Waals surface area contributed by atoms with Crippen molar-refractivity contribution >= 4 is 33.8 Å². The lowest BCUT2D eigenvalue weighted by atomic mass is 10.2. The van der Waals surface area contributed by atoms with E-state index in [9.17, 15) is 9.59 Å². The van der Waals surface area contributed by atoms with Crippen LogP contribution in [-0.4, -0.2) is 35.8 Å². The molecule has 0 saturated carbocycles. The third kappa shape index (κ3) is 4.58. The fraction of sp³-hybridized carbons (Fsp3) is 0.235. The molecule has 9 heteroatoms. The van der Waals surface area contributed by atoms with Gasteiger partial charge < -0.3 is 14.8 Å². The third-order valence-corrected chi connectivity index (χ3v) is 4.22. The lowest BCUT2D eigenvalue weighted by Gasteiger charge is -2.10. The van der Waals surface area contributed by atoms with Gasteiger partial charge >= 0.3 is 6.09 Å². The standard InChI is InChI=1S/C17H18N4O4S/c1-24-6-7-25-17(23)20-13-4-2-3-12(9-13)18-11-14-10-15(22)21-5-8-26-16(21)19-14/h2-5,8-10,18H,6-7,11H2,1H3,(H,20,23). The highest BCUT2D eigenvalue weighted by molar-refractivity contribution is 7.15. The second kappa shape index (κ2) is 8.45. The Balaban J connectivity index is 1.61. The Labute approximate surface area is 153 Å². The van der Waals surface area contributed by atoms with Crippen LogP contribution in [0.4, 0.5) is 16.2 Å². The molecule has 0 aliphatic rings. The Kier molecular flexibility index (Phi) is 5.82. The van der Waals surface area contributed by atoms with Crippen LogP contribution in [0.15, 0.2) is 46.7 Å². The summed E-state index contributed by atoms with van der Waals surface area (Å²) in [6, 6.07) is 8.69. The number of carbonyl (C=O) groups excluding carboxylic acids is 1. The van der Waals surface area contributed by atoms with Crippen LogP contribution in [0.2, 0.25) is 0 Å². The summed E-state index contributed by atoms with van der Waals surface area (Å²) in [6.45, 7) is 0.925. The van der Waals surface area contributed by atoms with Crippen molar-refractivity contribution in [2.75, 3.05) is 31.0 Å². The Morgan fingerprint density at radius 2 is 2.12 bits per heavy atom. The SMILES string of the molecule is COCCOC(=O)Nc1cccc(NCc2cc(=O)n3ccsc3n2)c1. The average molecular weight is 374 g/mol. The lowest BCUT2D eigenvalue weighted by molar-refractivity contribution is 0.107. The fourth-order valence-electron chi connectivity index (χ4n) is 2.25. The number of thiazole rings is 1. The molecular weight excluding hydrogens is 356 g/mol. The van der Waals surface area contributed by atoms with Gasteiger partial charge in [-0.1, -0.05) is 6.07 Å². The summed E-state index contributed by atoms with van der Waals surface area (Å²) in [6.07, 6.45) is 1.16. The van der Waals surface area contributed by atoms with Crippen molar-refractivity contribution in [2.45, 2.75) is 6.54 Å². The highest BCUT2D eigenvalue weighted by Gasteiger charge is 2.05. The van der Waals surface area contributed by atoms with Crippen LogP contribution in [0.5, 0.6) is 0 Å². The van der Waals surface area contributed by atoms with E-state index in [1.54, 1.807) is 24.4 Å². The molecule has 1 amide bonds. The van der Waals surface area contributed by atoms with E-state index in [0.29, 0.717) is 29.5 Å². The maximum Gasteiger partial charge on any atom is 0.411 e. The Hall–Kier alpha value is -2.91. The minimum absolute atomic E-state index is 0.109. The smallest absolute Gasteiger partial charge is 0.411 e. The van der Waals surface area contributed by atoms with E-state index < -0.39 is 6.09 Å². The number of anilines is 2. The molecule has 0 saturated heterocycles. The highest BCUT2D eigenvalue weighted by Crippen LogP contribution is 2.16. The number of hydrogen-bond acceptors (Lipinski definition) is 7. The van der Waals surface area contributed by atoms with Gasteiger partial charge in [0.25, 0.3) is 5.56 Å². The number of amides is 1. The van der Waals surface area contributed by atoms with Gasteiger partial charge in [-0.25, -0.2) is 9.78 Å². The van der Waals surface area contributed by atoms with Crippen LogP contribution in [0.25, 0.3) is 4.96 Å². The van der Waals surface area contributed by atoms with E-state index in [1.165, 1.54) is 28.9 Å². The first-order chi connectivity index (χ1) is 12.7. The van der Waals surface area contributed by atoms with E-state index in [2.05, 4.69) is 15.6 Å². The monoisotopic (exact) mass is 374 g/mol. The molecule has 0 aliphatic heterocycles. The number of methoxy groups -OCH3 is 1. The van der Waals surface area contributed by atoms with E-state index in [-0.39, 0.29) is 12.2 Å². The second-order valence-electron chi connectivity index (χ2n) is 5.33. The van der Waals surface area contributed by atoms with Gasteiger partial charge in [-0.3, -0.25) is 14.5 Å². The fourth-order valence-corrected chi connectivity index (χ4v) is 2.99. The van der Waals surface area contributed by atoms with Crippen molar-refractivity contribution in [3.05, 3.63) is 58.0 Å². The molecular formula is C17H18N4O4S. The normalized spacial score (nSPS) is 10.7. The molecule has 2 N–H and O–H groups in total. The van der Waals surface area contributed by atoms with E-state index in [0.717, 1.165) is 5.69 Å². The van der Waals surface area contributed by atoms with Gasteiger partial charge in [0.2, 0.25) is 0 Å². The summed E-state index contributed by atoms with van der Waals surface area (Å²) in [5, 5.41) is 7.66. The van der Waals surface area contributed by atoms with Crippen molar-refractivity contribution in [1.82, 2.24) is 9.38 Å². The largest absolute Gasteiger partial charge is 0.447 e. The molecule has 2 aromatic heterocycles. The van der Waals surface area contributed by atoms with Gasteiger partial charge in [-0.15, -0.1) is 11.3 Å². The Morgan fingerprint density at radius 3 is 2.96 bits per heavy atom. The molecule has 0 spiro atoms. The van der Waals surface area contributed by atoms with Crippen LogP contribution in [0.3, 0.4) is 0 Å². The summed E-state index contributed by atoms with van der Waals surface area (Å²) in [5.74, 6) is 0. The quantitative estimate of drug-likeness (QED) is 0.618. The minimum Gasteiger partial charge on any atom is -0.447 e. The van der Waals surface area contributed by atoms with E-state index >= 15 is 0 Å². The summed E-state index contributed by atoms with van der Waals surface area (Å²) in [5.41, 5.74) is 1.92. The molecule has 3 rings (SSSR count). The van der Waals surface area contributed by atoms with Crippen LogP contribution >= 0.6 is 11.3 Å². The van der Waals surface area contributed by atoms with E-state index in [1.807, 2.05) is 11.4 Å². The highest BCUT2D eigenvalue weighted by atomic mass is 32.1. The molecule has 8 nitrogen and oxygen atoms in total. The second-order valence-corrected chi connectivity index (χ2v) is 6.20. The van der Waals surface area contributed by atoms with E-state index in [4.69, 9.17) is 9.47 Å². The summed E-state index contributed by atoms with van der Waals surface area (Å²) < 4.78 is 11.3. The molecule has 3 aromatic rings. The van der Waals surface area contributed by atoms with Crippen molar-refractivity contribution in [3.63, 3.8) is 0 Å². The average Bonchev–Trinajstić information content (AvgIpc) is 3.10. The number of rotatable bonds is 7. The number of nitrogens with one attached hydrogen (secondary N) is 2. The number of nitrogens with zero attached hydrogens (tertiary/aromatic N) is 2. The number of fused-ring (bicyclic) bond motifs is 1. The molecule has 0 unspecified atom stereocenters. The molecule has 0 aliphatic carbocycles.